The highest BCUT2D eigenvalue weighted by Crippen LogP contribution is 2.32. The van der Waals surface area contributed by atoms with Crippen molar-refractivity contribution in [3.63, 3.8) is 0 Å². The van der Waals surface area contributed by atoms with Crippen LogP contribution in [0.3, 0.4) is 0 Å². The third-order valence-electron chi connectivity index (χ3n) is 3.06. The van der Waals surface area contributed by atoms with Gasteiger partial charge in [0, 0.05) is 5.75 Å². The Morgan fingerprint density at radius 3 is 2.89 bits per heavy atom. The van der Waals surface area contributed by atoms with E-state index in [2.05, 4.69) is 5.32 Å². The van der Waals surface area contributed by atoms with Gasteiger partial charge in [-0.25, -0.2) is 9.18 Å². The van der Waals surface area contributed by atoms with Crippen molar-refractivity contribution in [3.8, 4) is 0 Å². The summed E-state index contributed by atoms with van der Waals surface area (Å²) in [6, 6.07) is 6.38. The lowest BCUT2D eigenvalue weighted by Gasteiger charge is -2.35. The first-order valence-electron chi connectivity index (χ1n) is 5.87. The summed E-state index contributed by atoms with van der Waals surface area (Å²) in [4.78, 5) is 12.0. The Morgan fingerprint density at radius 2 is 2.28 bits per heavy atom. The van der Waals surface area contributed by atoms with Crippen LogP contribution in [0.4, 0.5) is 10.1 Å². The normalized spacial score (nSPS) is 23.4. The van der Waals surface area contributed by atoms with Crippen molar-refractivity contribution in [2.45, 2.75) is 18.4 Å². The molecule has 3 nitrogen and oxygen atoms in total. The van der Waals surface area contributed by atoms with Gasteiger partial charge in [0.2, 0.25) is 0 Å². The van der Waals surface area contributed by atoms with Gasteiger partial charge in [0.05, 0.1) is 12.8 Å². The number of thioether (sulfide) groups is 1. The van der Waals surface area contributed by atoms with Crippen LogP contribution in [0.2, 0.25) is 0 Å². The van der Waals surface area contributed by atoms with Gasteiger partial charge in [-0.3, -0.25) is 0 Å². The molecule has 2 rings (SSSR count). The molecule has 0 radical (unpaired) electrons. The average Bonchev–Trinajstić information content (AvgIpc) is 2.41. The number of anilines is 1. The molecule has 0 bridgehead atoms. The number of carbonyl (C=O) groups excluding carboxylic acids is 1. The number of para-hydroxylation sites is 1. The Morgan fingerprint density at radius 1 is 1.50 bits per heavy atom. The molecule has 1 aromatic rings. The standard InChI is InChI=1S/C13H16FNO2S/c1-17-12(16)13(7-4-8-18-9-13)15-11-6-3-2-5-10(11)14/h2-3,5-6,15H,4,7-9H2,1H3. The van der Waals surface area contributed by atoms with Crippen molar-refractivity contribution in [3.05, 3.63) is 30.1 Å². The molecule has 1 heterocycles. The highest BCUT2D eigenvalue weighted by molar-refractivity contribution is 7.99. The molecule has 0 amide bonds. The van der Waals surface area contributed by atoms with Crippen LogP contribution in [0, 0.1) is 5.82 Å². The summed E-state index contributed by atoms with van der Waals surface area (Å²) >= 11 is 1.68. The second-order valence-electron chi connectivity index (χ2n) is 4.33. The molecule has 1 aliphatic heterocycles. The Kier molecular flexibility index (Phi) is 4.11. The fraction of sp³-hybridized carbons (Fsp3) is 0.462. The van der Waals surface area contributed by atoms with Crippen molar-refractivity contribution in [1.29, 1.82) is 0 Å². The lowest BCUT2D eigenvalue weighted by molar-refractivity contribution is -0.145. The molecule has 0 saturated carbocycles. The number of nitrogens with one attached hydrogen (secondary N) is 1. The van der Waals surface area contributed by atoms with Crippen LogP contribution in [0.1, 0.15) is 12.8 Å². The van der Waals surface area contributed by atoms with Crippen molar-refractivity contribution < 1.29 is 13.9 Å². The number of halogens is 1. The smallest absolute Gasteiger partial charge is 0.332 e. The van der Waals surface area contributed by atoms with Gasteiger partial charge < -0.3 is 10.1 Å². The number of esters is 1. The molecule has 1 aliphatic rings. The Balaban J connectivity index is 2.25. The number of hydrogen-bond donors (Lipinski definition) is 1. The number of carbonyl (C=O) groups is 1. The van der Waals surface area contributed by atoms with E-state index in [1.165, 1.54) is 13.2 Å². The zero-order valence-corrected chi connectivity index (χ0v) is 11.1. The molecular formula is C13H16FNO2S. The molecule has 1 N–H and O–H groups in total. The fourth-order valence-electron chi connectivity index (χ4n) is 2.12. The molecule has 0 aliphatic carbocycles. The van der Waals surface area contributed by atoms with E-state index in [4.69, 9.17) is 4.74 Å². The summed E-state index contributed by atoms with van der Waals surface area (Å²) in [5, 5.41) is 3.04. The maximum Gasteiger partial charge on any atom is 0.332 e. The van der Waals surface area contributed by atoms with E-state index in [0.717, 1.165) is 12.2 Å². The summed E-state index contributed by atoms with van der Waals surface area (Å²) in [6.07, 6.45) is 1.59. The van der Waals surface area contributed by atoms with Gasteiger partial charge in [-0.1, -0.05) is 12.1 Å². The molecular weight excluding hydrogens is 253 g/mol. The predicted octanol–water partition coefficient (Wildman–Crippen LogP) is 2.68. The van der Waals surface area contributed by atoms with Crippen LogP contribution in [0.25, 0.3) is 0 Å². The van der Waals surface area contributed by atoms with Crippen molar-refractivity contribution in [1.82, 2.24) is 0 Å². The van der Waals surface area contributed by atoms with Gasteiger partial charge in [-0.15, -0.1) is 0 Å². The molecule has 1 atom stereocenters. The lowest BCUT2D eigenvalue weighted by atomic mass is 9.95. The summed E-state index contributed by atoms with van der Waals surface area (Å²) in [5.74, 6) is 0.959. The third-order valence-corrected chi connectivity index (χ3v) is 4.34. The maximum absolute atomic E-state index is 13.7. The monoisotopic (exact) mass is 269 g/mol. The van der Waals surface area contributed by atoms with Crippen molar-refractivity contribution in [2.24, 2.45) is 0 Å². The van der Waals surface area contributed by atoms with Gasteiger partial charge in [0.1, 0.15) is 11.4 Å². The number of methoxy groups -OCH3 is 1. The summed E-state index contributed by atoms with van der Waals surface area (Å²) < 4.78 is 18.5. The minimum atomic E-state index is -0.806. The largest absolute Gasteiger partial charge is 0.467 e. The number of hydrogen-bond acceptors (Lipinski definition) is 4. The minimum absolute atomic E-state index is 0.321. The number of rotatable bonds is 3. The molecule has 98 valence electrons. The Labute approximate surface area is 110 Å². The van der Waals surface area contributed by atoms with Crippen LogP contribution >= 0.6 is 11.8 Å². The quantitative estimate of drug-likeness (QED) is 0.856. The molecule has 0 aromatic heterocycles. The molecule has 0 spiro atoms. The highest BCUT2D eigenvalue weighted by atomic mass is 32.2. The van der Waals surface area contributed by atoms with Gasteiger partial charge in [0.15, 0.2) is 0 Å². The topological polar surface area (TPSA) is 38.3 Å². The summed E-state index contributed by atoms with van der Waals surface area (Å²) in [5.41, 5.74) is -0.453. The molecule has 1 fully saturated rings. The number of ether oxygens (including phenoxy) is 1. The molecule has 5 heteroatoms. The van der Waals surface area contributed by atoms with E-state index in [9.17, 15) is 9.18 Å². The predicted molar refractivity (Wildman–Crippen MR) is 71.3 cm³/mol. The van der Waals surface area contributed by atoms with Gasteiger partial charge in [-0.05, 0) is 30.7 Å². The zero-order chi connectivity index (χ0) is 13.0. The summed E-state index contributed by atoms with van der Waals surface area (Å²) in [6.45, 7) is 0. The van der Waals surface area contributed by atoms with E-state index < -0.39 is 5.54 Å². The van der Waals surface area contributed by atoms with E-state index in [1.54, 1.807) is 30.0 Å². The highest BCUT2D eigenvalue weighted by Gasteiger charge is 2.41. The molecule has 1 unspecified atom stereocenters. The van der Waals surface area contributed by atoms with Crippen LogP contribution in [-0.4, -0.2) is 30.1 Å². The van der Waals surface area contributed by atoms with Crippen molar-refractivity contribution in [2.75, 3.05) is 23.9 Å². The van der Waals surface area contributed by atoms with Crippen LogP contribution in [0.5, 0.6) is 0 Å². The third kappa shape index (κ3) is 2.61. The lowest BCUT2D eigenvalue weighted by Crippen LogP contribution is -2.51. The first-order chi connectivity index (χ1) is 8.68. The molecule has 1 saturated heterocycles. The van der Waals surface area contributed by atoms with E-state index >= 15 is 0 Å². The minimum Gasteiger partial charge on any atom is -0.467 e. The second-order valence-corrected chi connectivity index (χ2v) is 5.44. The first kappa shape index (κ1) is 13.2. The molecule has 1 aromatic carbocycles. The SMILES string of the molecule is COC(=O)C1(Nc2ccccc2F)CCCSC1. The van der Waals surface area contributed by atoms with Gasteiger partial charge >= 0.3 is 5.97 Å². The Hall–Kier alpha value is -1.23. The van der Waals surface area contributed by atoms with Crippen LogP contribution < -0.4 is 5.32 Å². The second kappa shape index (κ2) is 5.61. The van der Waals surface area contributed by atoms with Gasteiger partial charge in [-0.2, -0.15) is 11.8 Å². The molecule has 18 heavy (non-hydrogen) atoms. The maximum atomic E-state index is 13.7. The summed E-state index contributed by atoms with van der Waals surface area (Å²) in [7, 11) is 1.37. The Bertz CT molecular complexity index is 433. The van der Waals surface area contributed by atoms with Crippen molar-refractivity contribution >= 4 is 23.4 Å². The van der Waals surface area contributed by atoms with E-state index in [1.807, 2.05) is 0 Å². The zero-order valence-electron chi connectivity index (χ0n) is 10.2. The van der Waals surface area contributed by atoms with E-state index in [-0.39, 0.29) is 11.8 Å². The fourth-order valence-corrected chi connectivity index (χ4v) is 3.30. The van der Waals surface area contributed by atoms with E-state index in [0.29, 0.717) is 17.9 Å². The van der Waals surface area contributed by atoms with Gasteiger partial charge in [0.25, 0.3) is 0 Å². The number of benzene rings is 1. The van der Waals surface area contributed by atoms with Crippen LogP contribution in [-0.2, 0) is 9.53 Å². The van der Waals surface area contributed by atoms with Crippen LogP contribution in [0.15, 0.2) is 24.3 Å². The first-order valence-corrected chi connectivity index (χ1v) is 7.02. The average molecular weight is 269 g/mol.